The van der Waals surface area contributed by atoms with Crippen LogP contribution in [0, 0.1) is 0 Å². The molecule has 0 saturated carbocycles. The third-order valence-corrected chi connectivity index (χ3v) is 10.3. The molecule has 176 valence electrons. The van der Waals surface area contributed by atoms with Crippen molar-refractivity contribution in [3.8, 4) is 5.69 Å². The quantitative estimate of drug-likeness (QED) is 0.232. The van der Waals surface area contributed by atoms with E-state index in [0.29, 0.717) is 0 Å². The van der Waals surface area contributed by atoms with Crippen LogP contribution in [0.4, 0.5) is 0 Å². The third-order valence-electron chi connectivity index (χ3n) is 7.25. The summed E-state index contributed by atoms with van der Waals surface area (Å²) in [4.78, 5) is 0. The molecule has 3 heteroatoms. The van der Waals surface area contributed by atoms with Crippen LogP contribution < -0.4 is 15.9 Å². The number of aromatic nitrogens is 1. The first-order chi connectivity index (χ1) is 18.2. The zero-order valence-corrected chi connectivity index (χ0v) is 21.1. The van der Waals surface area contributed by atoms with Crippen molar-refractivity contribution in [1.29, 1.82) is 0 Å². The summed E-state index contributed by atoms with van der Waals surface area (Å²) in [6, 6.07) is 49.6. The van der Waals surface area contributed by atoms with Crippen molar-refractivity contribution in [2.75, 3.05) is 0 Å². The zero-order valence-electron chi connectivity index (χ0n) is 20.2. The number of fused-ring (bicyclic) bond motifs is 4. The lowest BCUT2D eigenvalue weighted by Crippen LogP contribution is -2.25. The molecule has 0 aliphatic carbocycles. The lowest BCUT2D eigenvalue weighted by molar-refractivity contribution is 0.592. The molecular formula is C34H24NOP. The molecule has 7 aromatic rings. The van der Waals surface area contributed by atoms with Gasteiger partial charge in [0.25, 0.3) is 0 Å². The van der Waals surface area contributed by atoms with E-state index in [1.54, 1.807) is 0 Å². The van der Waals surface area contributed by atoms with Crippen molar-refractivity contribution < 1.29 is 4.57 Å². The van der Waals surface area contributed by atoms with Gasteiger partial charge in [0.15, 0.2) is 7.14 Å². The van der Waals surface area contributed by atoms with Gasteiger partial charge < -0.3 is 9.13 Å². The third kappa shape index (κ3) is 3.45. The summed E-state index contributed by atoms with van der Waals surface area (Å²) >= 11 is 0. The monoisotopic (exact) mass is 493 g/mol. The molecule has 1 atom stereocenters. The predicted octanol–water partition coefficient (Wildman–Crippen LogP) is 7.58. The fourth-order valence-corrected chi connectivity index (χ4v) is 8.16. The summed E-state index contributed by atoms with van der Waals surface area (Å²) in [6.07, 6.45) is 0. The first-order valence-corrected chi connectivity index (χ1v) is 14.2. The molecule has 0 bridgehead atoms. The summed E-state index contributed by atoms with van der Waals surface area (Å²) in [5, 5.41) is 7.04. The van der Waals surface area contributed by atoms with Gasteiger partial charge in [-0.3, -0.25) is 0 Å². The van der Waals surface area contributed by atoms with Crippen molar-refractivity contribution >= 4 is 55.6 Å². The molecule has 0 saturated heterocycles. The number of hydrogen-bond acceptors (Lipinski definition) is 1. The predicted molar refractivity (Wildman–Crippen MR) is 158 cm³/mol. The Hall–Kier alpha value is -4.39. The number of rotatable bonds is 4. The molecule has 0 N–H and O–H groups in total. The number of hydrogen-bond donors (Lipinski definition) is 0. The van der Waals surface area contributed by atoms with Crippen molar-refractivity contribution in [2.45, 2.75) is 0 Å². The Balaban J connectivity index is 1.53. The van der Waals surface area contributed by atoms with Gasteiger partial charge in [-0.2, -0.15) is 0 Å². The van der Waals surface area contributed by atoms with Crippen LogP contribution in [0.5, 0.6) is 0 Å². The van der Waals surface area contributed by atoms with E-state index in [0.717, 1.165) is 54.2 Å². The summed E-state index contributed by atoms with van der Waals surface area (Å²) in [6.45, 7) is 0. The Morgan fingerprint density at radius 1 is 0.432 bits per heavy atom. The molecule has 0 spiro atoms. The van der Waals surface area contributed by atoms with Crippen LogP contribution in [0.25, 0.3) is 38.3 Å². The SMILES string of the molecule is O=P(c1ccccc1)(c1ccc2ccccc2c1)c1ccc2c(c1)c1ccccc1n2-c1ccccc1. The molecule has 0 fully saturated rings. The first kappa shape index (κ1) is 21.9. The lowest BCUT2D eigenvalue weighted by atomic mass is 10.1. The molecule has 7 rings (SSSR count). The minimum Gasteiger partial charge on any atom is -0.309 e. The highest BCUT2D eigenvalue weighted by Crippen LogP contribution is 2.44. The van der Waals surface area contributed by atoms with Crippen LogP contribution in [0.15, 0.2) is 146 Å². The Bertz CT molecular complexity index is 1960. The molecule has 0 aliphatic rings. The van der Waals surface area contributed by atoms with Gasteiger partial charge in [-0.25, -0.2) is 0 Å². The van der Waals surface area contributed by atoms with Crippen LogP contribution in [0.1, 0.15) is 0 Å². The van der Waals surface area contributed by atoms with Crippen LogP contribution in [0.3, 0.4) is 0 Å². The van der Waals surface area contributed by atoms with Crippen LogP contribution in [0.2, 0.25) is 0 Å². The molecule has 0 amide bonds. The lowest BCUT2D eigenvalue weighted by Gasteiger charge is -2.21. The van der Waals surface area contributed by atoms with Crippen LogP contribution >= 0.6 is 7.14 Å². The van der Waals surface area contributed by atoms with Gasteiger partial charge in [-0.1, -0.05) is 103 Å². The Morgan fingerprint density at radius 2 is 1.03 bits per heavy atom. The molecule has 1 aromatic heterocycles. The Morgan fingerprint density at radius 3 is 1.84 bits per heavy atom. The van der Waals surface area contributed by atoms with Gasteiger partial charge in [-0.15, -0.1) is 0 Å². The largest absolute Gasteiger partial charge is 0.309 e. The van der Waals surface area contributed by atoms with E-state index in [4.69, 9.17) is 0 Å². The Kier molecular flexibility index (Phi) is 5.09. The van der Waals surface area contributed by atoms with Crippen LogP contribution in [-0.2, 0) is 4.57 Å². The van der Waals surface area contributed by atoms with E-state index in [2.05, 4.69) is 95.6 Å². The standard InChI is InChI=1S/C34H24NOP/c36-37(28-15-5-2-6-16-28,29-20-19-25-11-7-8-12-26(25)23-29)30-21-22-34-32(24-30)31-17-9-10-18-33(31)35(34)27-13-3-1-4-14-27/h1-24H. The fraction of sp³-hybridized carbons (Fsp3) is 0. The highest BCUT2D eigenvalue weighted by Gasteiger charge is 2.30. The highest BCUT2D eigenvalue weighted by atomic mass is 31.2. The second kappa shape index (κ2) is 8.62. The number of benzene rings is 6. The van der Waals surface area contributed by atoms with Crippen molar-refractivity contribution in [3.05, 3.63) is 146 Å². The fourth-order valence-electron chi connectivity index (χ4n) is 5.47. The van der Waals surface area contributed by atoms with E-state index in [9.17, 15) is 0 Å². The summed E-state index contributed by atoms with van der Waals surface area (Å²) in [7, 11) is -3.14. The van der Waals surface area contributed by atoms with Gasteiger partial charge in [0, 0.05) is 32.4 Å². The smallest absolute Gasteiger partial charge is 0.171 e. The summed E-state index contributed by atoms with van der Waals surface area (Å²) in [5.41, 5.74) is 3.36. The maximum absolute atomic E-state index is 15.3. The van der Waals surface area contributed by atoms with E-state index in [1.165, 1.54) is 0 Å². The van der Waals surface area contributed by atoms with Gasteiger partial charge in [0.1, 0.15) is 0 Å². The normalized spacial score (nSPS) is 13.2. The molecule has 6 aromatic carbocycles. The topological polar surface area (TPSA) is 22.0 Å². The average Bonchev–Trinajstić information content (AvgIpc) is 3.31. The van der Waals surface area contributed by atoms with E-state index < -0.39 is 7.14 Å². The molecule has 37 heavy (non-hydrogen) atoms. The van der Waals surface area contributed by atoms with E-state index in [1.807, 2.05) is 54.6 Å². The Labute approximate surface area is 215 Å². The number of para-hydroxylation sites is 2. The molecule has 1 unspecified atom stereocenters. The van der Waals surface area contributed by atoms with Gasteiger partial charge in [0.05, 0.1) is 11.0 Å². The van der Waals surface area contributed by atoms with E-state index in [-0.39, 0.29) is 0 Å². The van der Waals surface area contributed by atoms with Crippen LogP contribution in [-0.4, -0.2) is 4.57 Å². The maximum atomic E-state index is 15.3. The van der Waals surface area contributed by atoms with Gasteiger partial charge in [-0.05, 0) is 53.2 Å². The highest BCUT2D eigenvalue weighted by molar-refractivity contribution is 7.85. The van der Waals surface area contributed by atoms with Crippen molar-refractivity contribution in [1.82, 2.24) is 4.57 Å². The second-order valence-corrected chi connectivity index (χ2v) is 12.1. The molecular weight excluding hydrogens is 469 g/mol. The minimum atomic E-state index is -3.14. The number of nitrogens with zero attached hydrogens (tertiary/aromatic N) is 1. The van der Waals surface area contributed by atoms with Gasteiger partial charge in [0.2, 0.25) is 0 Å². The molecule has 0 radical (unpaired) electrons. The van der Waals surface area contributed by atoms with Crippen molar-refractivity contribution in [2.24, 2.45) is 0 Å². The maximum Gasteiger partial charge on any atom is 0.171 e. The average molecular weight is 494 g/mol. The minimum absolute atomic E-state index is 0.844. The second-order valence-electron chi connectivity index (χ2n) is 9.37. The summed E-state index contributed by atoms with van der Waals surface area (Å²) in [5.74, 6) is 0. The first-order valence-electron chi connectivity index (χ1n) is 12.5. The van der Waals surface area contributed by atoms with Crippen molar-refractivity contribution in [3.63, 3.8) is 0 Å². The summed E-state index contributed by atoms with van der Waals surface area (Å²) < 4.78 is 17.6. The zero-order chi connectivity index (χ0) is 24.8. The van der Waals surface area contributed by atoms with Gasteiger partial charge >= 0.3 is 0 Å². The molecule has 1 heterocycles. The molecule has 0 aliphatic heterocycles. The molecule has 2 nitrogen and oxygen atoms in total. The van der Waals surface area contributed by atoms with E-state index >= 15 is 4.57 Å².